The third-order valence-electron chi connectivity index (χ3n) is 3.09. The molecular formula is C17H24N2O4. The van der Waals surface area contributed by atoms with Gasteiger partial charge in [-0.15, -0.1) is 0 Å². The largest absolute Gasteiger partial charge is 0.481 e. The summed E-state index contributed by atoms with van der Waals surface area (Å²) in [5.41, 5.74) is 1.27. The third-order valence-corrected chi connectivity index (χ3v) is 3.09. The molecule has 0 saturated heterocycles. The van der Waals surface area contributed by atoms with E-state index in [-0.39, 0.29) is 36.6 Å². The Bertz CT molecular complexity index is 552. The maximum atomic E-state index is 11.9. The van der Waals surface area contributed by atoms with Gasteiger partial charge in [-0.25, -0.2) is 0 Å². The summed E-state index contributed by atoms with van der Waals surface area (Å²) < 4.78 is 0. The molecule has 1 aromatic carbocycles. The highest BCUT2D eigenvalue weighted by atomic mass is 16.4. The van der Waals surface area contributed by atoms with Crippen molar-refractivity contribution < 1.29 is 19.5 Å². The van der Waals surface area contributed by atoms with Crippen LogP contribution in [0.2, 0.25) is 0 Å². The Hall–Kier alpha value is -2.37. The van der Waals surface area contributed by atoms with Crippen LogP contribution in [0.15, 0.2) is 24.3 Å². The summed E-state index contributed by atoms with van der Waals surface area (Å²) in [6, 6.07) is 6.42. The van der Waals surface area contributed by atoms with Crippen LogP contribution in [0.25, 0.3) is 0 Å². The molecule has 3 N–H and O–H groups in total. The van der Waals surface area contributed by atoms with E-state index in [1.165, 1.54) is 0 Å². The van der Waals surface area contributed by atoms with Crippen molar-refractivity contribution in [2.24, 2.45) is 5.92 Å². The van der Waals surface area contributed by atoms with Crippen LogP contribution >= 0.6 is 0 Å². The first-order valence-electron chi connectivity index (χ1n) is 7.66. The molecule has 1 atom stereocenters. The van der Waals surface area contributed by atoms with Crippen LogP contribution in [0.5, 0.6) is 0 Å². The normalized spacial score (nSPS) is 11.8. The molecule has 6 heteroatoms. The number of aliphatic carboxylic acids is 1. The van der Waals surface area contributed by atoms with E-state index in [0.29, 0.717) is 17.7 Å². The standard InChI is InChI=1S/C17H24N2O4/c1-11(2)8-15(20)18-12(3)9-16(21)19-14-6-4-13(5-7-14)10-17(22)23/h4-7,11-12H,8-10H2,1-3H3,(H,18,20)(H,19,21)(H,22,23). The van der Waals surface area contributed by atoms with E-state index in [1.54, 1.807) is 31.2 Å². The minimum atomic E-state index is -0.896. The third kappa shape index (κ3) is 7.99. The summed E-state index contributed by atoms with van der Waals surface area (Å²) >= 11 is 0. The summed E-state index contributed by atoms with van der Waals surface area (Å²) in [6.07, 6.45) is 0.574. The molecule has 23 heavy (non-hydrogen) atoms. The summed E-state index contributed by atoms with van der Waals surface area (Å²) in [4.78, 5) is 34.2. The number of hydrogen-bond acceptors (Lipinski definition) is 3. The van der Waals surface area contributed by atoms with Crippen molar-refractivity contribution in [1.29, 1.82) is 0 Å². The summed E-state index contributed by atoms with van der Waals surface area (Å²) in [5, 5.41) is 14.2. The van der Waals surface area contributed by atoms with Crippen molar-refractivity contribution in [1.82, 2.24) is 5.32 Å². The Balaban J connectivity index is 2.43. The molecular weight excluding hydrogens is 296 g/mol. The highest BCUT2D eigenvalue weighted by Gasteiger charge is 2.13. The fourth-order valence-corrected chi connectivity index (χ4v) is 2.13. The Morgan fingerprint density at radius 3 is 2.13 bits per heavy atom. The topological polar surface area (TPSA) is 95.5 Å². The number of carbonyl (C=O) groups excluding carboxylic acids is 2. The van der Waals surface area contributed by atoms with Crippen LogP contribution in [0, 0.1) is 5.92 Å². The smallest absolute Gasteiger partial charge is 0.307 e. The Morgan fingerprint density at radius 2 is 1.61 bits per heavy atom. The molecule has 0 aromatic heterocycles. The number of carbonyl (C=O) groups is 3. The molecule has 0 fully saturated rings. The van der Waals surface area contributed by atoms with Gasteiger partial charge in [0.15, 0.2) is 0 Å². The average Bonchev–Trinajstić information content (AvgIpc) is 2.38. The zero-order chi connectivity index (χ0) is 17.4. The van der Waals surface area contributed by atoms with Gasteiger partial charge in [0.05, 0.1) is 6.42 Å². The van der Waals surface area contributed by atoms with E-state index in [1.807, 2.05) is 13.8 Å². The first-order chi connectivity index (χ1) is 10.8. The molecule has 1 unspecified atom stereocenters. The molecule has 0 radical (unpaired) electrons. The average molecular weight is 320 g/mol. The van der Waals surface area contributed by atoms with Crippen molar-refractivity contribution in [3.05, 3.63) is 29.8 Å². The van der Waals surface area contributed by atoms with Crippen molar-refractivity contribution in [3.63, 3.8) is 0 Å². The van der Waals surface area contributed by atoms with Gasteiger partial charge in [0.25, 0.3) is 0 Å². The summed E-state index contributed by atoms with van der Waals surface area (Å²) in [6.45, 7) is 5.71. The monoisotopic (exact) mass is 320 g/mol. The molecule has 1 aromatic rings. The summed E-state index contributed by atoms with van der Waals surface area (Å²) in [7, 11) is 0. The lowest BCUT2D eigenvalue weighted by Gasteiger charge is -2.15. The van der Waals surface area contributed by atoms with E-state index >= 15 is 0 Å². The highest BCUT2D eigenvalue weighted by molar-refractivity contribution is 5.91. The van der Waals surface area contributed by atoms with Crippen molar-refractivity contribution in [2.45, 2.75) is 46.1 Å². The number of nitrogens with one attached hydrogen (secondary N) is 2. The maximum Gasteiger partial charge on any atom is 0.307 e. The molecule has 2 amide bonds. The number of rotatable bonds is 8. The van der Waals surface area contributed by atoms with Crippen LogP contribution in [0.4, 0.5) is 5.69 Å². The molecule has 0 heterocycles. The zero-order valence-corrected chi connectivity index (χ0v) is 13.8. The maximum absolute atomic E-state index is 11.9. The zero-order valence-electron chi connectivity index (χ0n) is 13.8. The van der Waals surface area contributed by atoms with E-state index in [9.17, 15) is 14.4 Å². The number of carboxylic acid groups (broad SMARTS) is 1. The lowest BCUT2D eigenvalue weighted by Crippen LogP contribution is -2.35. The first-order valence-corrected chi connectivity index (χ1v) is 7.66. The Morgan fingerprint density at radius 1 is 1.00 bits per heavy atom. The second-order valence-corrected chi connectivity index (χ2v) is 6.09. The van der Waals surface area contributed by atoms with E-state index < -0.39 is 5.97 Å². The second-order valence-electron chi connectivity index (χ2n) is 6.09. The van der Waals surface area contributed by atoms with Crippen LogP contribution in [-0.2, 0) is 20.8 Å². The number of hydrogen-bond donors (Lipinski definition) is 3. The van der Waals surface area contributed by atoms with Crippen molar-refractivity contribution in [3.8, 4) is 0 Å². The SMILES string of the molecule is CC(C)CC(=O)NC(C)CC(=O)Nc1ccc(CC(=O)O)cc1. The number of benzene rings is 1. The molecule has 0 aliphatic heterocycles. The predicted molar refractivity (Wildman–Crippen MR) is 88.1 cm³/mol. The van der Waals surface area contributed by atoms with Gasteiger partial charge in [0.1, 0.15) is 0 Å². The highest BCUT2D eigenvalue weighted by Crippen LogP contribution is 2.11. The van der Waals surface area contributed by atoms with Crippen molar-refractivity contribution >= 4 is 23.5 Å². The Labute approximate surface area is 136 Å². The predicted octanol–water partition coefficient (Wildman–Crippen LogP) is 2.19. The van der Waals surface area contributed by atoms with Gasteiger partial charge in [0, 0.05) is 24.6 Å². The fourth-order valence-electron chi connectivity index (χ4n) is 2.13. The molecule has 0 bridgehead atoms. The van der Waals surface area contributed by atoms with Gasteiger partial charge in [0.2, 0.25) is 11.8 Å². The molecule has 1 rings (SSSR count). The van der Waals surface area contributed by atoms with E-state index in [2.05, 4.69) is 10.6 Å². The van der Waals surface area contributed by atoms with Gasteiger partial charge in [-0.05, 0) is 30.5 Å². The number of carboxylic acids is 1. The molecule has 126 valence electrons. The Kier molecular flexibility index (Phi) is 7.25. The minimum absolute atomic E-state index is 0.0485. The van der Waals surface area contributed by atoms with Crippen LogP contribution in [0.3, 0.4) is 0 Å². The second kappa shape index (κ2) is 8.92. The van der Waals surface area contributed by atoms with Gasteiger partial charge in [-0.1, -0.05) is 26.0 Å². The lowest BCUT2D eigenvalue weighted by molar-refractivity contribution is -0.136. The number of amides is 2. The lowest BCUT2D eigenvalue weighted by atomic mass is 10.1. The van der Waals surface area contributed by atoms with Gasteiger partial charge >= 0.3 is 5.97 Å². The number of anilines is 1. The van der Waals surface area contributed by atoms with Gasteiger partial charge in [-0.3, -0.25) is 14.4 Å². The molecule has 0 aliphatic rings. The molecule has 0 saturated carbocycles. The molecule has 0 aliphatic carbocycles. The first kappa shape index (κ1) is 18.7. The van der Waals surface area contributed by atoms with Crippen LogP contribution < -0.4 is 10.6 Å². The van der Waals surface area contributed by atoms with E-state index in [0.717, 1.165) is 0 Å². The molecule has 6 nitrogen and oxygen atoms in total. The van der Waals surface area contributed by atoms with Crippen LogP contribution in [-0.4, -0.2) is 28.9 Å². The van der Waals surface area contributed by atoms with Gasteiger partial charge in [-0.2, -0.15) is 0 Å². The van der Waals surface area contributed by atoms with Crippen molar-refractivity contribution in [2.75, 3.05) is 5.32 Å². The van der Waals surface area contributed by atoms with Gasteiger partial charge < -0.3 is 15.7 Å². The fraction of sp³-hybridized carbons (Fsp3) is 0.471. The minimum Gasteiger partial charge on any atom is -0.481 e. The molecule has 0 spiro atoms. The van der Waals surface area contributed by atoms with Crippen LogP contribution in [0.1, 0.15) is 39.2 Å². The quantitative estimate of drug-likeness (QED) is 0.684. The summed E-state index contributed by atoms with van der Waals surface area (Å²) in [5.74, 6) is -0.875. The van der Waals surface area contributed by atoms with E-state index in [4.69, 9.17) is 5.11 Å².